The summed E-state index contributed by atoms with van der Waals surface area (Å²) in [6.07, 6.45) is 1.06. The lowest BCUT2D eigenvalue weighted by atomic mass is 10.1. The van der Waals surface area contributed by atoms with E-state index in [4.69, 9.17) is 16.2 Å². The highest BCUT2D eigenvalue weighted by Crippen LogP contribution is 1.99. The van der Waals surface area contributed by atoms with E-state index < -0.39 is 0 Å². The van der Waals surface area contributed by atoms with Crippen LogP contribution in [0.3, 0.4) is 0 Å². The van der Waals surface area contributed by atoms with Crippen LogP contribution in [-0.2, 0) is 4.74 Å². The Morgan fingerprint density at radius 2 is 1.82 bits per heavy atom. The summed E-state index contributed by atoms with van der Waals surface area (Å²) in [5.41, 5.74) is 11.3. The molecular formula is C8H20N2O. The summed E-state index contributed by atoms with van der Waals surface area (Å²) in [5, 5.41) is 0. The molecule has 0 aromatic rings. The molecule has 0 fully saturated rings. The highest BCUT2D eigenvalue weighted by atomic mass is 16.5. The number of nitrogens with two attached hydrogens (primary N) is 2. The summed E-state index contributed by atoms with van der Waals surface area (Å²) in [5.74, 6) is 0. The number of hydrogen-bond donors (Lipinski definition) is 2. The Hall–Kier alpha value is -0.120. The Labute approximate surface area is 69.1 Å². The minimum Gasteiger partial charge on any atom is -0.375 e. The first kappa shape index (κ1) is 10.9. The normalized spacial score (nSPS) is 19.4. The third-order valence-electron chi connectivity index (χ3n) is 1.70. The van der Waals surface area contributed by atoms with E-state index in [0.29, 0.717) is 6.61 Å². The molecule has 0 aliphatic heterocycles. The average molecular weight is 160 g/mol. The molecule has 11 heavy (non-hydrogen) atoms. The van der Waals surface area contributed by atoms with Crippen LogP contribution >= 0.6 is 0 Å². The summed E-state index contributed by atoms with van der Waals surface area (Å²) in [6.45, 7) is 6.55. The fraction of sp³-hybridized carbons (Fsp3) is 1.00. The van der Waals surface area contributed by atoms with Crippen molar-refractivity contribution in [3.63, 3.8) is 0 Å². The van der Waals surface area contributed by atoms with Crippen LogP contribution in [0.4, 0.5) is 0 Å². The van der Waals surface area contributed by atoms with Crippen LogP contribution in [0.15, 0.2) is 0 Å². The second-order valence-electron chi connectivity index (χ2n) is 3.09. The van der Waals surface area contributed by atoms with Gasteiger partial charge in [-0.3, -0.25) is 0 Å². The molecule has 0 aromatic carbocycles. The van der Waals surface area contributed by atoms with Gasteiger partial charge in [0.15, 0.2) is 0 Å². The van der Waals surface area contributed by atoms with Crippen molar-refractivity contribution >= 4 is 0 Å². The van der Waals surface area contributed by atoms with E-state index in [1.54, 1.807) is 0 Å². The molecule has 0 aromatic heterocycles. The fourth-order valence-corrected chi connectivity index (χ4v) is 0.759. The lowest BCUT2D eigenvalue weighted by Gasteiger charge is -2.19. The van der Waals surface area contributed by atoms with E-state index in [1.807, 2.05) is 13.8 Å². The Morgan fingerprint density at radius 1 is 1.27 bits per heavy atom. The van der Waals surface area contributed by atoms with Crippen molar-refractivity contribution in [2.75, 3.05) is 6.61 Å². The number of rotatable bonds is 5. The zero-order valence-electron chi connectivity index (χ0n) is 7.71. The van der Waals surface area contributed by atoms with E-state index in [0.717, 1.165) is 6.42 Å². The predicted molar refractivity (Wildman–Crippen MR) is 47.3 cm³/mol. The van der Waals surface area contributed by atoms with Crippen molar-refractivity contribution in [1.82, 2.24) is 0 Å². The zero-order valence-corrected chi connectivity index (χ0v) is 7.71. The topological polar surface area (TPSA) is 61.3 Å². The lowest BCUT2D eigenvalue weighted by Crippen LogP contribution is -2.36. The highest BCUT2D eigenvalue weighted by molar-refractivity contribution is 4.67. The van der Waals surface area contributed by atoms with Crippen molar-refractivity contribution in [3.05, 3.63) is 0 Å². The Morgan fingerprint density at radius 3 is 2.18 bits per heavy atom. The molecule has 0 amide bonds. The number of hydrogen-bond acceptors (Lipinski definition) is 3. The monoisotopic (exact) mass is 160 g/mol. The molecule has 3 nitrogen and oxygen atoms in total. The first-order valence-corrected chi connectivity index (χ1v) is 4.20. The molecule has 0 saturated carbocycles. The summed E-state index contributed by atoms with van der Waals surface area (Å²) in [6, 6.07) is 0.232. The van der Waals surface area contributed by atoms with Crippen molar-refractivity contribution in [3.8, 4) is 0 Å². The van der Waals surface area contributed by atoms with Crippen LogP contribution in [-0.4, -0.2) is 24.8 Å². The summed E-state index contributed by atoms with van der Waals surface area (Å²) in [7, 11) is 0. The van der Waals surface area contributed by atoms with Gasteiger partial charge in [-0.2, -0.15) is 0 Å². The standard InChI is InChI=1S/C8H20N2O/c1-4-8(10)7(3)11-5-6(2)9/h6-8H,4-5,9-10H2,1-3H3. The molecule has 0 radical (unpaired) electrons. The van der Waals surface area contributed by atoms with E-state index in [1.165, 1.54) is 0 Å². The maximum absolute atomic E-state index is 5.74. The molecule has 0 bridgehead atoms. The van der Waals surface area contributed by atoms with Crippen LogP contribution < -0.4 is 11.5 Å². The molecule has 3 atom stereocenters. The van der Waals surface area contributed by atoms with Crippen LogP contribution in [0.1, 0.15) is 27.2 Å². The fourth-order valence-electron chi connectivity index (χ4n) is 0.759. The highest BCUT2D eigenvalue weighted by Gasteiger charge is 2.10. The van der Waals surface area contributed by atoms with Gasteiger partial charge in [-0.15, -0.1) is 0 Å². The second-order valence-corrected chi connectivity index (χ2v) is 3.09. The van der Waals surface area contributed by atoms with Crippen molar-refractivity contribution in [1.29, 1.82) is 0 Å². The summed E-state index contributed by atoms with van der Waals surface area (Å²) in [4.78, 5) is 0. The average Bonchev–Trinajstić information content (AvgIpc) is 1.98. The summed E-state index contributed by atoms with van der Waals surface area (Å²) >= 11 is 0. The van der Waals surface area contributed by atoms with Crippen LogP contribution in [0.2, 0.25) is 0 Å². The third-order valence-corrected chi connectivity index (χ3v) is 1.70. The quantitative estimate of drug-likeness (QED) is 0.615. The SMILES string of the molecule is CCC(N)C(C)OCC(C)N. The van der Waals surface area contributed by atoms with Gasteiger partial charge < -0.3 is 16.2 Å². The van der Waals surface area contributed by atoms with Crippen molar-refractivity contribution < 1.29 is 4.74 Å². The first-order chi connectivity index (χ1) is 5.07. The zero-order chi connectivity index (χ0) is 8.85. The van der Waals surface area contributed by atoms with Gasteiger partial charge in [-0.05, 0) is 20.3 Å². The second kappa shape index (κ2) is 5.52. The van der Waals surface area contributed by atoms with Crippen molar-refractivity contribution in [2.24, 2.45) is 11.5 Å². The van der Waals surface area contributed by atoms with Gasteiger partial charge in [0, 0.05) is 12.1 Å². The van der Waals surface area contributed by atoms with Crippen LogP contribution in [0.25, 0.3) is 0 Å². The van der Waals surface area contributed by atoms with Crippen LogP contribution in [0, 0.1) is 0 Å². The molecule has 4 N–H and O–H groups in total. The Kier molecular flexibility index (Phi) is 5.46. The minimum atomic E-state index is 0.0986. The molecule has 0 rings (SSSR count). The van der Waals surface area contributed by atoms with Gasteiger partial charge in [-0.25, -0.2) is 0 Å². The lowest BCUT2D eigenvalue weighted by molar-refractivity contribution is 0.0412. The molecular weight excluding hydrogens is 140 g/mol. The molecule has 0 spiro atoms. The van der Waals surface area contributed by atoms with Gasteiger partial charge in [0.1, 0.15) is 0 Å². The summed E-state index contributed by atoms with van der Waals surface area (Å²) < 4.78 is 5.41. The molecule has 3 heteroatoms. The maximum Gasteiger partial charge on any atom is 0.0698 e. The Bertz CT molecular complexity index is 96.1. The molecule has 0 saturated heterocycles. The largest absolute Gasteiger partial charge is 0.375 e. The smallest absolute Gasteiger partial charge is 0.0698 e. The minimum absolute atomic E-state index is 0.0986. The predicted octanol–water partition coefficient (Wildman–Crippen LogP) is 0.476. The molecule has 0 heterocycles. The van der Waals surface area contributed by atoms with Crippen LogP contribution in [0.5, 0.6) is 0 Å². The molecule has 68 valence electrons. The van der Waals surface area contributed by atoms with E-state index in [2.05, 4.69) is 6.92 Å². The van der Waals surface area contributed by atoms with Gasteiger partial charge in [0.05, 0.1) is 12.7 Å². The van der Waals surface area contributed by atoms with E-state index in [9.17, 15) is 0 Å². The van der Waals surface area contributed by atoms with Gasteiger partial charge >= 0.3 is 0 Å². The maximum atomic E-state index is 5.74. The van der Waals surface area contributed by atoms with E-state index >= 15 is 0 Å². The third kappa shape index (κ3) is 5.18. The molecule has 0 aliphatic carbocycles. The molecule has 0 aliphatic rings. The molecule has 3 unspecified atom stereocenters. The van der Waals surface area contributed by atoms with E-state index in [-0.39, 0.29) is 18.2 Å². The van der Waals surface area contributed by atoms with Gasteiger partial charge in [-0.1, -0.05) is 6.92 Å². The Balaban J connectivity index is 3.43. The van der Waals surface area contributed by atoms with Gasteiger partial charge in [0.2, 0.25) is 0 Å². The first-order valence-electron chi connectivity index (χ1n) is 4.20. The number of ether oxygens (including phenoxy) is 1. The van der Waals surface area contributed by atoms with Gasteiger partial charge in [0.25, 0.3) is 0 Å². The van der Waals surface area contributed by atoms with Crippen molar-refractivity contribution in [2.45, 2.75) is 45.4 Å².